The molecule has 3 nitrogen and oxygen atoms in total. The molecule has 16 heavy (non-hydrogen) atoms. The highest BCUT2D eigenvalue weighted by Gasteiger charge is 2.40. The Morgan fingerprint density at radius 2 is 1.69 bits per heavy atom. The molecule has 2 fully saturated rings. The first-order chi connectivity index (χ1) is 7.61. The highest BCUT2D eigenvalue weighted by atomic mass is 16.3. The molecule has 0 aromatic rings. The van der Waals surface area contributed by atoms with Gasteiger partial charge in [-0.25, -0.2) is 0 Å². The molecule has 2 rings (SSSR count). The Kier molecular flexibility index (Phi) is 3.88. The standard InChI is InChI=1S/C13H25NO2/c1-8(10-4-2-3-5-11(10)14)12(15)13(16)9-6-7-9/h8-13,15-16H,2-7,14H2,1H3/t8-,10?,11?,12+,13-/m0/s1. The Bertz CT molecular complexity index is 230. The molecule has 0 radical (unpaired) electrons. The second-order valence-electron chi connectivity index (χ2n) is 5.79. The van der Waals surface area contributed by atoms with E-state index in [0.717, 1.165) is 25.7 Å². The zero-order valence-electron chi connectivity index (χ0n) is 10.2. The van der Waals surface area contributed by atoms with Crippen molar-refractivity contribution in [1.29, 1.82) is 0 Å². The van der Waals surface area contributed by atoms with Crippen LogP contribution in [0.5, 0.6) is 0 Å². The first-order valence-corrected chi connectivity index (χ1v) is 6.73. The topological polar surface area (TPSA) is 66.5 Å². The van der Waals surface area contributed by atoms with Crippen LogP contribution in [0.15, 0.2) is 0 Å². The quantitative estimate of drug-likeness (QED) is 0.677. The Balaban J connectivity index is 1.91. The molecule has 2 unspecified atom stereocenters. The van der Waals surface area contributed by atoms with Crippen molar-refractivity contribution in [2.75, 3.05) is 0 Å². The fourth-order valence-corrected chi connectivity index (χ4v) is 3.12. The second-order valence-corrected chi connectivity index (χ2v) is 5.79. The first kappa shape index (κ1) is 12.3. The molecule has 5 atom stereocenters. The molecule has 4 N–H and O–H groups in total. The van der Waals surface area contributed by atoms with Gasteiger partial charge in [0.25, 0.3) is 0 Å². The number of rotatable bonds is 4. The van der Waals surface area contributed by atoms with Gasteiger partial charge in [-0.05, 0) is 43.4 Å². The summed E-state index contributed by atoms with van der Waals surface area (Å²) in [5, 5.41) is 20.1. The summed E-state index contributed by atoms with van der Waals surface area (Å²) in [5.74, 6) is 0.861. The monoisotopic (exact) mass is 227 g/mol. The van der Waals surface area contributed by atoms with Crippen LogP contribution in [0, 0.1) is 17.8 Å². The van der Waals surface area contributed by atoms with Gasteiger partial charge in [-0.3, -0.25) is 0 Å². The molecule has 0 heterocycles. The summed E-state index contributed by atoms with van der Waals surface area (Å²) in [7, 11) is 0. The van der Waals surface area contributed by atoms with Gasteiger partial charge in [-0.2, -0.15) is 0 Å². The largest absolute Gasteiger partial charge is 0.390 e. The molecule has 2 aliphatic rings. The van der Waals surface area contributed by atoms with E-state index < -0.39 is 12.2 Å². The number of aliphatic hydroxyl groups excluding tert-OH is 2. The first-order valence-electron chi connectivity index (χ1n) is 6.73. The molecule has 2 saturated carbocycles. The van der Waals surface area contributed by atoms with Crippen LogP contribution in [0.1, 0.15) is 45.4 Å². The third-order valence-corrected chi connectivity index (χ3v) is 4.54. The lowest BCUT2D eigenvalue weighted by Gasteiger charge is -2.37. The number of nitrogens with two attached hydrogens (primary N) is 1. The van der Waals surface area contributed by atoms with E-state index in [9.17, 15) is 10.2 Å². The molecule has 0 aliphatic heterocycles. The molecule has 0 bridgehead atoms. The summed E-state index contributed by atoms with van der Waals surface area (Å²) < 4.78 is 0. The minimum atomic E-state index is -0.582. The zero-order valence-corrected chi connectivity index (χ0v) is 10.2. The van der Waals surface area contributed by atoms with Crippen LogP contribution in [0.25, 0.3) is 0 Å². The molecule has 0 amide bonds. The van der Waals surface area contributed by atoms with E-state index in [1.165, 1.54) is 12.8 Å². The van der Waals surface area contributed by atoms with Crippen molar-refractivity contribution in [2.24, 2.45) is 23.5 Å². The molecule has 0 aromatic carbocycles. The van der Waals surface area contributed by atoms with Crippen molar-refractivity contribution < 1.29 is 10.2 Å². The summed E-state index contributed by atoms with van der Waals surface area (Å²) in [5.41, 5.74) is 6.12. The van der Waals surface area contributed by atoms with E-state index in [1.807, 2.05) is 6.92 Å². The maximum atomic E-state index is 10.2. The van der Waals surface area contributed by atoms with E-state index in [0.29, 0.717) is 11.8 Å². The molecule has 0 saturated heterocycles. The highest BCUT2D eigenvalue weighted by Crippen LogP contribution is 2.38. The predicted molar refractivity (Wildman–Crippen MR) is 63.8 cm³/mol. The normalized spacial score (nSPS) is 36.8. The predicted octanol–water partition coefficient (Wildman–Crippen LogP) is 1.27. The van der Waals surface area contributed by atoms with Crippen LogP contribution in [-0.2, 0) is 0 Å². The number of hydrogen-bond acceptors (Lipinski definition) is 3. The Morgan fingerprint density at radius 1 is 1.06 bits per heavy atom. The van der Waals surface area contributed by atoms with E-state index in [1.54, 1.807) is 0 Å². The molecule has 94 valence electrons. The molecular formula is C13H25NO2. The average Bonchev–Trinajstić information content (AvgIpc) is 3.11. The van der Waals surface area contributed by atoms with Crippen molar-refractivity contribution in [2.45, 2.75) is 63.7 Å². The smallest absolute Gasteiger partial charge is 0.0830 e. The van der Waals surface area contributed by atoms with Gasteiger partial charge in [0, 0.05) is 6.04 Å². The van der Waals surface area contributed by atoms with E-state index in [-0.39, 0.29) is 12.0 Å². The van der Waals surface area contributed by atoms with Crippen LogP contribution >= 0.6 is 0 Å². The van der Waals surface area contributed by atoms with Crippen molar-refractivity contribution in [3.05, 3.63) is 0 Å². The lowest BCUT2D eigenvalue weighted by atomic mass is 9.74. The summed E-state index contributed by atoms with van der Waals surface area (Å²) in [6.07, 6.45) is 5.65. The zero-order chi connectivity index (χ0) is 11.7. The van der Waals surface area contributed by atoms with Crippen molar-refractivity contribution in [3.63, 3.8) is 0 Å². The van der Waals surface area contributed by atoms with Gasteiger partial charge in [0.1, 0.15) is 0 Å². The van der Waals surface area contributed by atoms with Crippen molar-refractivity contribution >= 4 is 0 Å². The van der Waals surface area contributed by atoms with Crippen molar-refractivity contribution in [1.82, 2.24) is 0 Å². The summed E-state index contributed by atoms with van der Waals surface area (Å²) in [4.78, 5) is 0. The van der Waals surface area contributed by atoms with Crippen LogP contribution in [0.4, 0.5) is 0 Å². The Hall–Kier alpha value is -0.120. The molecule has 0 spiro atoms. The molecule has 2 aliphatic carbocycles. The molecular weight excluding hydrogens is 202 g/mol. The van der Waals surface area contributed by atoms with Gasteiger partial charge < -0.3 is 15.9 Å². The van der Waals surface area contributed by atoms with Gasteiger partial charge in [-0.1, -0.05) is 19.8 Å². The average molecular weight is 227 g/mol. The number of aliphatic hydroxyl groups is 2. The van der Waals surface area contributed by atoms with Gasteiger partial charge in [0.05, 0.1) is 12.2 Å². The van der Waals surface area contributed by atoms with Crippen LogP contribution in [-0.4, -0.2) is 28.5 Å². The van der Waals surface area contributed by atoms with Gasteiger partial charge in [0.15, 0.2) is 0 Å². The minimum absolute atomic E-state index is 0.130. The highest BCUT2D eigenvalue weighted by molar-refractivity contribution is 4.92. The third-order valence-electron chi connectivity index (χ3n) is 4.54. The van der Waals surface area contributed by atoms with Crippen LogP contribution in [0.3, 0.4) is 0 Å². The fraction of sp³-hybridized carbons (Fsp3) is 1.00. The van der Waals surface area contributed by atoms with Gasteiger partial charge in [0.2, 0.25) is 0 Å². The lowest BCUT2D eigenvalue weighted by Crippen LogP contribution is -2.44. The third kappa shape index (κ3) is 2.58. The molecule has 0 aromatic heterocycles. The minimum Gasteiger partial charge on any atom is -0.390 e. The van der Waals surface area contributed by atoms with E-state index >= 15 is 0 Å². The van der Waals surface area contributed by atoms with E-state index in [2.05, 4.69) is 0 Å². The maximum Gasteiger partial charge on any atom is 0.0830 e. The van der Waals surface area contributed by atoms with Crippen LogP contribution in [0.2, 0.25) is 0 Å². The Labute approximate surface area is 98.0 Å². The summed E-state index contributed by atoms with van der Waals surface area (Å²) in [6.45, 7) is 2.05. The second kappa shape index (κ2) is 5.03. The summed E-state index contributed by atoms with van der Waals surface area (Å²) in [6, 6.07) is 0.213. The fourth-order valence-electron chi connectivity index (χ4n) is 3.12. The maximum absolute atomic E-state index is 10.2. The Morgan fingerprint density at radius 3 is 2.25 bits per heavy atom. The summed E-state index contributed by atoms with van der Waals surface area (Å²) >= 11 is 0. The SMILES string of the molecule is C[C@@H](C1CCCCC1N)[C@@H](O)[C@@H](O)C1CC1. The van der Waals surface area contributed by atoms with Gasteiger partial charge >= 0.3 is 0 Å². The lowest BCUT2D eigenvalue weighted by molar-refractivity contribution is -0.0456. The molecule has 3 heteroatoms. The number of hydrogen-bond donors (Lipinski definition) is 3. The van der Waals surface area contributed by atoms with Crippen LogP contribution < -0.4 is 5.73 Å². The van der Waals surface area contributed by atoms with Gasteiger partial charge in [-0.15, -0.1) is 0 Å². The van der Waals surface area contributed by atoms with Crippen molar-refractivity contribution in [3.8, 4) is 0 Å². The van der Waals surface area contributed by atoms with E-state index in [4.69, 9.17) is 5.73 Å².